The van der Waals surface area contributed by atoms with Gasteiger partial charge in [-0.05, 0) is 18.6 Å². The van der Waals surface area contributed by atoms with Crippen molar-refractivity contribution < 1.29 is 18.3 Å². The minimum atomic E-state index is -4.54. The fourth-order valence-corrected chi connectivity index (χ4v) is 1.16. The Balaban J connectivity index is 3.38. The van der Waals surface area contributed by atoms with E-state index in [9.17, 15) is 13.2 Å². The van der Waals surface area contributed by atoms with Crippen LogP contribution in [0.15, 0.2) is 12.1 Å². The molecule has 0 bridgehead atoms. The molecule has 0 fully saturated rings. The number of benzene rings is 1. The van der Waals surface area contributed by atoms with Crippen LogP contribution in [0.4, 0.5) is 18.9 Å². The van der Waals surface area contributed by atoms with Crippen LogP contribution < -0.4 is 5.73 Å². The highest BCUT2D eigenvalue weighted by Gasteiger charge is 2.35. The first-order chi connectivity index (χ1) is 5.82. The Hall–Kier alpha value is -1.39. The van der Waals surface area contributed by atoms with E-state index in [0.29, 0.717) is 0 Å². The lowest BCUT2D eigenvalue weighted by atomic mass is 10.1. The summed E-state index contributed by atoms with van der Waals surface area (Å²) in [6.45, 7) is 1.25. The summed E-state index contributed by atoms with van der Waals surface area (Å²) in [6.07, 6.45) is -4.54. The fraction of sp³-hybridized carbons (Fsp3) is 0.250. The van der Waals surface area contributed by atoms with Crippen LogP contribution in [0.3, 0.4) is 0 Å². The van der Waals surface area contributed by atoms with Crippen molar-refractivity contribution in [3.8, 4) is 5.75 Å². The number of phenolic OH excluding ortho intramolecular Hbond substituents is 1. The second-order valence-corrected chi connectivity index (χ2v) is 2.73. The van der Waals surface area contributed by atoms with Crippen LogP contribution in [-0.2, 0) is 6.18 Å². The van der Waals surface area contributed by atoms with Gasteiger partial charge in [-0.1, -0.05) is 0 Å². The van der Waals surface area contributed by atoms with Crippen molar-refractivity contribution in [1.82, 2.24) is 0 Å². The molecule has 0 unspecified atom stereocenters. The van der Waals surface area contributed by atoms with Crippen LogP contribution >= 0.6 is 0 Å². The van der Waals surface area contributed by atoms with Gasteiger partial charge in [-0.2, -0.15) is 13.2 Å². The lowest BCUT2D eigenvalue weighted by Gasteiger charge is -2.12. The summed E-state index contributed by atoms with van der Waals surface area (Å²) in [4.78, 5) is 0. The molecule has 5 heteroatoms. The van der Waals surface area contributed by atoms with Gasteiger partial charge < -0.3 is 10.8 Å². The van der Waals surface area contributed by atoms with Crippen molar-refractivity contribution in [1.29, 1.82) is 0 Å². The largest absolute Gasteiger partial charge is 0.507 e. The Bertz CT molecular complexity index is 310. The average molecular weight is 191 g/mol. The van der Waals surface area contributed by atoms with E-state index < -0.39 is 17.5 Å². The molecule has 0 atom stereocenters. The third-order valence-corrected chi connectivity index (χ3v) is 1.62. The normalized spacial score (nSPS) is 11.7. The fourth-order valence-electron chi connectivity index (χ4n) is 1.16. The predicted molar refractivity (Wildman–Crippen MR) is 42.3 cm³/mol. The SMILES string of the molecule is Cc1cc(N)cc(O)c1C(F)(F)F. The highest BCUT2D eigenvalue weighted by Crippen LogP contribution is 2.38. The summed E-state index contributed by atoms with van der Waals surface area (Å²) in [5.74, 6) is -0.829. The molecule has 0 amide bonds. The third kappa shape index (κ3) is 1.85. The molecular weight excluding hydrogens is 183 g/mol. The number of alkyl halides is 3. The number of rotatable bonds is 0. The van der Waals surface area contributed by atoms with E-state index in [1.807, 2.05) is 0 Å². The van der Waals surface area contributed by atoms with E-state index in [4.69, 9.17) is 10.8 Å². The average Bonchev–Trinajstić information content (AvgIpc) is 1.78. The molecule has 0 heterocycles. The molecule has 72 valence electrons. The van der Waals surface area contributed by atoms with E-state index >= 15 is 0 Å². The maximum absolute atomic E-state index is 12.2. The van der Waals surface area contributed by atoms with Gasteiger partial charge in [-0.3, -0.25) is 0 Å². The van der Waals surface area contributed by atoms with Gasteiger partial charge in [-0.15, -0.1) is 0 Å². The molecule has 0 aromatic heterocycles. The standard InChI is InChI=1S/C8H8F3NO/c1-4-2-5(12)3-6(13)7(4)8(9,10)11/h2-3,13H,12H2,1H3. The summed E-state index contributed by atoms with van der Waals surface area (Å²) in [6, 6.07) is 2.05. The molecule has 0 spiro atoms. The Kier molecular flexibility index (Phi) is 2.11. The zero-order chi connectivity index (χ0) is 10.2. The Morgan fingerprint density at radius 1 is 1.31 bits per heavy atom. The smallest absolute Gasteiger partial charge is 0.420 e. The first-order valence-corrected chi connectivity index (χ1v) is 3.48. The minimum absolute atomic E-state index is 0.0787. The zero-order valence-corrected chi connectivity index (χ0v) is 6.81. The van der Waals surface area contributed by atoms with Gasteiger partial charge in [0.15, 0.2) is 0 Å². The summed E-state index contributed by atoms with van der Waals surface area (Å²) in [7, 11) is 0. The third-order valence-electron chi connectivity index (χ3n) is 1.62. The molecular formula is C8H8F3NO. The van der Waals surface area contributed by atoms with Crippen LogP contribution in [-0.4, -0.2) is 5.11 Å². The number of anilines is 1. The molecule has 0 saturated carbocycles. The molecule has 0 aliphatic carbocycles. The zero-order valence-electron chi connectivity index (χ0n) is 6.81. The Labute approximate surface area is 72.8 Å². The van der Waals surface area contributed by atoms with E-state index in [1.54, 1.807) is 0 Å². The van der Waals surface area contributed by atoms with Gasteiger partial charge in [0.1, 0.15) is 11.3 Å². The molecule has 1 rings (SSSR count). The van der Waals surface area contributed by atoms with E-state index in [-0.39, 0.29) is 11.3 Å². The highest BCUT2D eigenvalue weighted by molar-refractivity contribution is 5.53. The van der Waals surface area contributed by atoms with Crippen LogP contribution in [0.25, 0.3) is 0 Å². The molecule has 0 radical (unpaired) electrons. The van der Waals surface area contributed by atoms with Crippen LogP contribution in [0.2, 0.25) is 0 Å². The topological polar surface area (TPSA) is 46.2 Å². The lowest BCUT2D eigenvalue weighted by Crippen LogP contribution is -2.08. The van der Waals surface area contributed by atoms with Gasteiger partial charge in [0.25, 0.3) is 0 Å². The second kappa shape index (κ2) is 2.83. The Morgan fingerprint density at radius 3 is 2.23 bits per heavy atom. The number of hydrogen-bond donors (Lipinski definition) is 2. The minimum Gasteiger partial charge on any atom is -0.507 e. The highest BCUT2D eigenvalue weighted by atomic mass is 19.4. The van der Waals surface area contributed by atoms with Crippen molar-refractivity contribution in [3.05, 3.63) is 23.3 Å². The van der Waals surface area contributed by atoms with Crippen LogP contribution in [0.5, 0.6) is 5.75 Å². The predicted octanol–water partition coefficient (Wildman–Crippen LogP) is 2.30. The van der Waals surface area contributed by atoms with E-state index in [1.165, 1.54) is 13.0 Å². The molecule has 0 aliphatic rings. The summed E-state index contributed by atoms with van der Waals surface area (Å²) in [5, 5.41) is 9.01. The maximum atomic E-state index is 12.2. The number of aromatic hydroxyl groups is 1. The van der Waals surface area contributed by atoms with Crippen molar-refractivity contribution in [2.45, 2.75) is 13.1 Å². The number of phenols is 1. The second-order valence-electron chi connectivity index (χ2n) is 2.73. The maximum Gasteiger partial charge on any atom is 0.420 e. The van der Waals surface area contributed by atoms with Crippen LogP contribution in [0, 0.1) is 6.92 Å². The summed E-state index contributed by atoms with van der Waals surface area (Å²) < 4.78 is 36.7. The summed E-state index contributed by atoms with van der Waals surface area (Å²) >= 11 is 0. The number of nitrogens with two attached hydrogens (primary N) is 1. The molecule has 0 saturated heterocycles. The first kappa shape index (κ1) is 9.70. The summed E-state index contributed by atoms with van der Waals surface area (Å²) in [5.41, 5.74) is 4.25. The van der Waals surface area contributed by atoms with E-state index in [2.05, 4.69) is 0 Å². The van der Waals surface area contributed by atoms with Gasteiger partial charge in [0, 0.05) is 11.8 Å². The molecule has 2 nitrogen and oxygen atoms in total. The van der Waals surface area contributed by atoms with Gasteiger partial charge in [0.2, 0.25) is 0 Å². The first-order valence-electron chi connectivity index (χ1n) is 3.48. The van der Waals surface area contributed by atoms with Gasteiger partial charge in [-0.25, -0.2) is 0 Å². The van der Waals surface area contributed by atoms with E-state index in [0.717, 1.165) is 6.07 Å². The van der Waals surface area contributed by atoms with Crippen molar-refractivity contribution in [2.75, 3.05) is 5.73 Å². The molecule has 1 aromatic carbocycles. The molecule has 3 N–H and O–H groups in total. The van der Waals surface area contributed by atoms with Crippen molar-refractivity contribution in [3.63, 3.8) is 0 Å². The van der Waals surface area contributed by atoms with Crippen LogP contribution in [0.1, 0.15) is 11.1 Å². The van der Waals surface area contributed by atoms with Crippen molar-refractivity contribution in [2.24, 2.45) is 0 Å². The molecule has 13 heavy (non-hydrogen) atoms. The monoisotopic (exact) mass is 191 g/mol. The lowest BCUT2D eigenvalue weighted by molar-refractivity contribution is -0.139. The number of aryl methyl sites for hydroxylation is 1. The number of halogens is 3. The van der Waals surface area contributed by atoms with Gasteiger partial charge in [0.05, 0.1) is 0 Å². The number of hydrogen-bond acceptors (Lipinski definition) is 2. The van der Waals surface area contributed by atoms with Crippen molar-refractivity contribution >= 4 is 5.69 Å². The Morgan fingerprint density at radius 2 is 1.85 bits per heavy atom. The molecule has 0 aliphatic heterocycles. The molecule has 1 aromatic rings. The number of nitrogen functional groups attached to an aromatic ring is 1. The quantitative estimate of drug-likeness (QED) is 0.618. The van der Waals surface area contributed by atoms with Gasteiger partial charge >= 0.3 is 6.18 Å².